The van der Waals surface area contributed by atoms with Gasteiger partial charge in [0.25, 0.3) is 5.91 Å². The number of amides is 1. The number of hydrogen-bond acceptors (Lipinski definition) is 2. The summed E-state index contributed by atoms with van der Waals surface area (Å²) >= 11 is 1.55. The number of aryl methyl sites for hydroxylation is 1. The number of fused-ring (bicyclic) bond motifs is 1. The third-order valence-corrected chi connectivity index (χ3v) is 4.82. The number of thiophene rings is 1. The number of rotatable bonds is 4. The van der Waals surface area contributed by atoms with Crippen molar-refractivity contribution in [2.24, 2.45) is 0 Å². The average molecular weight is 312 g/mol. The van der Waals surface area contributed by atoms with E-state index in [4.69, 9.17) is 0 Å². The molecule has 0 aliphatic carbocycles. The Bertz CT molecular complexity index is 765. The van der Waals surface area contributed by atoms with E-state index in [0.717, 1.165) is 20.5 Å². The van der Waals surface area contributed by atoms with Crippen molar-refractivity contribution in [3.63, 3.8) is 0 Å². The van der Waals surface area contributed by atoms with Gasteiger partial charge in [0.15, 0.2) is 0 Å². The number of hydrogen-bond donors (Lipinski definition) is 1. The van der Waals surface area contributed by atoms with Crippen molar-refractivity contribution in [3.8, 4) is 0 Å². The minimum Gasteiger partial charge on any atom is -0.350 e. The first-order chi connectivity index (χ1) is 10.5. The van der Waals surface area contributed by atoms with E-state index in [1.807, 2.05) is 18.2 Å². The molecule has 0 fully saturated rings. The maximum Gasteiger partial charge on any atom is 0.261 e. The van der Waals surface area contributed by atoms with Crippen molar-refractivity contribution in [1.29, 1.82) is 0 Å². The molecule has 0 atom stereocenters. The molecule has 0 aliphatic rings. The van der Waals surface area contributed by atoms with E-state index in [-0.39, 0.29) is 5.91 Å². The van der Waals surface area contributed by atoms with E-state index in [0.29, 0.717) is 12.6 Å². The van der Waals surface area contributed by atoms with Crippen LogP contribution in [0.3, 0.4) is 0 Å². The fourth-order valence-corrected chi connectivity index (χ4v) is 3.33. The normalized spacial score (nSPS) is 11.3. The van der Waals surface area contributed by atoms with Gasteiger partial charge in [-0.15, -0.1) is 11.3 Å². The van der Waals surface area contributed by atoms with E-state index < -0.39 is 0 Å². The highest BCUT2D eigenvalue weighted by Gasteiger charge is 2.12. The van der Waals surface area contributed by atoms with E-state index >= 15 is 0 Å². The molecular weight excluding hydrogens is 292 g/mol. The van der Waals surface area contributed by atoms with Crippen molar-refractivity contribution < 1.29 is 4.79 Å². The van der Waals surface area contributed by atoms with Crippen LogP contribution in [0.4, 0.5) is 0 Å². The molecule has 1 aromatic carbocycles. The Kier molecular flexibility index (Phi) is 4.03. The molecule has 3 aromatic rings. The van der Waals surface area contributed by atoms with E-state index in [1.54, 1.807) is 11.3 Å². The highest BCUT2D eigenvalue weighted by molar-refractivity contribution is 7.20. The standard InChI is InChI=1S/C18H20N2OS/c1-12(2)20-10-15-8-16(22-17(15)11-20)18(21)19-9-14-6-4-13(3)5-7-14/h4-8,10-12H,9H2,1-3H3,(H,19,21). The predicted molar refractivity (Wildman–Crippen MR) is 92.5 cm³/mol. The SMILES string of the molecule is Cc1ccc(CNC(=O)c2cc3cn(C(C)C)cc3s2)cc1. The second-order valence-electron chi connectivity index (χ2n) is 5.90. The van der Waals surface area contributed by atoms with Crippen LogP contribution < -0.4 is 5.32 Å². The Morgan fingerprint density at radius 3 is 2.59 bits per heavy atom. The quantitative estimate of drug-likeness (QED) is 0.755. The van der Waals surface area contributed by atoms with Gasteiger partial charge in [-0.3, -0.25) is 4.79 Å². The summed E-state index contributed by atoms with van der Waals surface area (Å²) < 4.78 is 3.34. The number of aromatic nitrogens is 1. The second kappa shape index (κ2) is 5.97. The Balaban J connectivity index is 1.69. The minimum atomic E-state index is -0.00197. The zero-order valence-electron chi connectivity index (χ0n) is 13.1. The van der Waals surface area contributed by atoms with Crippen molar-refractivity contribution in [1.82, 2.24) is 9.88 Å². The van der Waals surface area contributed by atoms with Crippen molar-refractivity contribution >= 4 is 27.3 Å². The van der Waals surface area contributed by atoms with Gasteiger partial charge in [0, 0.05) is 30.4 Å². The molecular formula is C18H20N2OS. The molecule has 1 amide bonds. The highest BCUT2D eigenvalue weighted by Crippen LogP contribution is 2.28. The van der Waals surface area contributed by atoms with Gasteiger partial charge in [0.1, 0.15) is 0 Å². The molecule has 0 aliphatic heterocycles. The lowest BCUT2D eigenvalue weighted by Crippen LogP contribution is -2.21. The van der Waals surface area contributed by atoms with Crippen LogP contribution in [-0.4, -0.2) is 10.5 Å². The van der Waals surface area contributed by atoms with Crippen LogP contribution in [0, 0.1) is 6.92 Å². The molecule has 0 bridgehead atoms. The molecule has 0 unspecified atom stereocenters. The summed E-state index contributed by atoms with van der Waals surface area (Å²) in [5.41, 5.74) is 2.35. The largest absolute Gasteiger partial charge is 0.350 e. The summed E-state index contributed by atoms with van der Waals surface area (Å²) in [4.78, 5) is 13.0. The maximum atomic E-state index is 12.3. The molecule has 114 valence electrons. The van der Waals surface area contributed by atoms with Gasteiger partial charge in [-0.25, -0.2) is 0 Å². The third-order valence-electron chi connectivity index (χ3n) is 3.74. The van der Waals surface area contributed by atoms with Crippen LogP contribution in [0.5, 0.6) is 0 Å². The van der Waals surface area contributed by atoms with Gasteiger partial charge in [-0.2, -0.15) is 0 Å². The molecule has 2 heterocycles. The van der Waals surface area contributed by atoms with Crippen molar-refractivity contribution in [3.05, 3.63) is 58.7 Å². The van der Waals surface area contributed by atoms with Crippen LogP contribution in [-0.2, 0) is 6.54 Å². The molecule has 22 heavy (non-hydrogen) atoms. The molecule has 2 aromatic heterocycles. The number of carbonyl (C=O) groups excluding carboxylic acids is 1. The Hall–Kier alpha value is -2.07. The summed E-state index contributed by atoms with van der Waals surface area (Å²) in [6.45, 7) is 6.92. The number of benzene rings is 1. The first kappa shape index (κ1) is 14.9. The first-order valence-corrected chi connectivity index (χ1v) is 8.29. The monoisotopic (exact) mass is 312 g/mol. The second-order valence-corrected chi connectivity index (χ2v) is 6.98. The van der Waals surface area contributed by atoms with Crippen LogP contribution >= 0.6 is 11.3 Å². The van der Waals surface area contributed by atoms with Gasteiger partial charge >= 0.3 is 0 Å². The zero-order valence-corrected chi connectivity index (χ0v) is 13.9. The van der Waals surface area contributed by atoms with Gasteiger partial charge < -0.3 is 9.88 Å². The topological polar surface area (TPSA) is 34.0 Å². The molecule has 0 spiro atoms. The highest BCUT2D eigenvalue weighted by atomic mass is 32.1. The smallest absolute Gasteiger partial charge is 0.261 e. The zero-order chi connectivity index (χ0) is 15.7. The third kappa shape index (κ3) is 3.07. The Morgan fingerprint density at radius 2 is 1.95 bits per heavy atom. The maximum absolute atomic E-state index is 12.3. The lowest BCUT2D eigenvalue weighted by molar-refractivity contribution is 0.0955. The van der Waals surface area contributed by atoms with Crippen LogP contribution in [0.25, 0.3) is 10.1 Å². The molecule has 0 radical (unpaired) electrons. The minimum absolute atomic E-state index is 0.00197. The molecule has 0 saturated heterocycles. The van der Waals surface area contributed by atoms with Gasteiger partial charge in [0.2, 0.25) is 0 Å². The molecule has 0 saturated carbocycles. The lowest BCUT2D eigenvalue weighted by atomic mass is 10.1. The number of nitrogens with zero attached hydrogens (tertiary/aromatic N) is 1. The predicted octanol–water partition coefficient (Wildman–Crippen LogP) is 4.52. The van der Waals surface area contributed by atoms with E-state index in [2.05, 4.69) is 55.2 Å². The molecule has 3 rings (SSSR count). The lowest BCUT2D eigenvalue weighted by Gasteiger charge is -2.05. The van der Waals surface area contributed by atoms with Gasteiger partial charge in [-0.1, -0.05) is 29.8 Å². The van der Waals surface area contributed by atoms with Gasteiger partial charge in [-0.05, 0) is 32.4 Å². The van der Waals surface area contributed by atoms with E-state index in [9.17, 15) is 4.79 Å². The number of nitrogens with one attached hydrogen (secondary N) is 1. The Morgan fingerprint density at radius 1 is 1.23 bits per heavy atom. The summed E-state index contributed by atoms with van der Waals surface area (Å²) in [5.74, 6) is -0.00197. The Labute approximate surface area is 134 Å². The fraction of sp³-hybridized carbons (Fsp3) is 0.278. The average Bonchev–Trinajstić information content (AvgIpc) is 3.05. The summed E-state index contributed by atoms with van der Waals surface area (Å²) in [7, 11) is 0. The van der Waals surface area contributed by atoms with Crippen molar-refractivity contribution in [2.45, 2.75) is 33.4 Å². The van der Waals surface area contributed by atoms with Crippen LogP contribution in [0.2, 0.25) is 0 Å². The molecule has 3 nitrogen and oxygen atoms in total. The van der Waals surface area contributed by atoms with Crippen LogP contribution in [0.1, 0.15) is 40.7 Å². The first-order valence-electron chi connectivity index (χ1n) is 7.47. The number of carbonyl (C=O) groups is 1. The van der Waals surface area contributed by atoms with E-state index in [1.165, 1.54) is 5.56 Å². The van der Waals surface area contributed by atoms with Crippen LogP contribution in [0.15, 0.2) is 42.7 Å². The fourth-order valence-electron chi connectivity index (χ4n) is 2.34. The van der Waals surface area contributed by atoms with Gasteiger partial charge in [0.05, 0.1) is 9.58 Å². The molecule has 4 heteroatoms. The molecule has 1 N–H and O–H groups in total. The van der Waals surface area contributed by atoms with Crippen molar-refractivity contribution in [2.75, 3.05) is 0 Å². The summed E-state index contributed by atoms with van der Waals surface area (Å²) in [5, 5.41) is 4.13. The summed E-state index contributed by atoms with van der Waals surface area (Å²) in [6, 6.07) is 10.6. The summed E-state index contributed by atoms with van der Waals surface area (Å²) in [6.07, 6.45) is 4.22.